The zero-order chi connectivity index (χ0) is 26.7. The second-order valence-electron chi connectivity index (χ2n) is 11.8. The lowest BCUT2D eigenvalue weighted by Crippen LogP contribution is -2.59. The number of amides is 1. The lowest BCUT2D eigenvalue weighted by Gasteiger charge is -2.56. The third-order valence-corrected chi connectivity index (χ3v) is 11.0. The van der Waals surface area contributed by atoms with Crippen molar-refractivity contribution in [3.63, 3.8) is 0 Å². The molecule has 0 spiro atoms. The smallest absolute Gasteiger partial charge is 0.293 e. The van der Waals surface area contributed by atoms with Gasteiger partial charge in [0.15, 0.2) is 0 Å². The number of carbonyl (C=O) groups is 1. The van der Waals surface area contributed by atoms with E-state index in [4.69, 9.17) is 0 Å². The first-order valence-electron chi connectivity index (χ1n) is 13.5. The van der Waals surface area contributed by atoms with Crippen LogP contribution in [0.1, 0.15) is 54.4 Å². The highest BCUT2D eigenvalue weighted by Gasteiger charge is 2.51. The SMILES string of the molecule is Cc1ccc(S(=O)(=O)N2CCN(c3ccc(C(=O)NC45CC6CC(CC(C6)C4)C5)cc3[N+](=O)[O-])CC2)cc1. The molecule has 38 heavy (non-hydrogen) atoms. The van der Waals surface area contributed by atoms with Crippen molar-refractivity contribution in [3.05, 3.63) is 63.7 Å². The molecule has 7 rings (SSSR count). The Hall–Kier alpha value is -2.98. The molecule has 0 radical (unpaired) electrons. The zero-order valence-corrected chi connectivity index (χ0v) is 22.5. The first-order chi connectivity index (χ1) is 18.1. The predicted molar refractivity (Wildman–Crippen MR) is 144 cm³/mol. The fourth-order valence-electron chi connectivity index (χ4n) is 7.68. The Labute approximate surface area is 223 Å². The monoisotopic (exact) mass is 538 g/mol. The normalized spacial score (nSPS) is 28.9. The second-order valence-corrected chi connectivity index (χ2v) is 13.8. The van der Waals surface area contributed by atoms with Crippen LogP contribution in [0.4, 0.5) is 11.4 Å². The molecule has 1 saturated heterocycles. The Bertz CT molecular complexity index is 1330. The number of rotatable bonds is 6. The number of hydrogen-bond donors (Lipinski definition) is 1. The molecule has 4 aliphatic carbocycles. The van der Waals surface area contributed by atoms with Crippen molar-refractivity contribution >= 4 is 27.3 Å². The average molecular weight is 539 g/mol. The van der Waals surface area contributed by atoms with E-state index in [1.54, 1.807) is 36.4 Å². The molecule has 1 aliphatic heterocycles. The van der Waals surface area contributed by atoms with Crippen LogP contribution in [-0.4, -0.2) is 55.3 Å². The number of anilines is 1. The van der Waals surface area contributed by atoms with Crippen molar-refractivity contribution in [2.24, 2.45) is 17.8 Å². The first-order valence-corrected chi connectivity index (χ1v) is 15.0. The molecular weight excluding hydrogens is 504 g/mol. The maximum atomic E-state index is 13.3. The number of piperazine rings is 1. The molecule has 1 N–H and O–H groups in total. The minimum atomic E-state index is -3.63. The molecule has 9 nitrogen and oxygen atoms in total. The largest absolute Gasteiger partial charge is 0.363 e. The number of nitro benzene ring substituents is 1. The van der Waals surface area contributed by atoms with Gasteiger partial charge in [-0.15, -0.1) is 0 Å². The third kappa shape index (κ3) is 4.58. The Morgan fingerprint density at radius 3 is 2.08 bits per heavy atom. The topological polar surface area (TPSA) is 113 Å². The number of aryl methyl sites for hydroxylation is 1. The van der Waals surface area contributed by atoms with E-state index in [0.29, 0.717) is 42.1 Å². The van der Waals surface area contributed by atoms with Crippen LogP contribution < -0.4 is 10.2 Å². The highest BCUT2D eigenvalue weighted by molar-refractivity contribution is 7.89. The van der Waals surface area contributed by atoms with Gasteiger partial charge in [-0.3, -0.25) is 14.9 Å². The Kier molecular flexibility index (Phi) is 6.22. The Balaban J connectivity index is 1.16. The summed E-state index contributed by atoms with van der Waals surface area (Å²) in [5.41, 5.74) is 1.40. The van der Waals surface area contributed by atoms with Crippen molar-refractivity contribution in [3.8, 4) is 0 Å². The third-order valence-electron chi connectivity index (χ3n) is 9.09. The first kappa shape index (κ1) is 25.3. The number of carbonyl (C=O) groups excluding carboxylic acids is 1. The molecule has 5 aliphatic rings. The zero-order valence-electron chi connectivity index (χ0n) is 21.6. The molecule has 0 atom stereocenters. The van der Waals surface area contributed by atoms with Gasteiger partial charge in [-0.05, 0) is 87.5 Å². The van der Waals surface area contributed by atoms with E-state index in [1.807, 2.05) is 11.8 Å². The highest BCUT2D eigenvalue weighted by Crippen LogP contribution is 2.55. The van der Waals surface area contributed by atoms with E-state index in [9.17, 15) is 23.3 Å². The van der Waals surface area contributed by atoms with Crippen LogP contribution >= 0.6 is 0 Å². The van der Waals surface area contributed by atoms with Crippen molar-refractivity contribution in [2.45, 2.75) is 55.9 Å². The summed E-state index contributed by atoms with van der Waals surface area (Å²) in [6, 6.07) is 11.4. The summed E-state index contributed by atoms with van der Waals surface area (Å²) in [6.07, 6.45) is 6.86. The van der Waals surface area contributed by atoms with Gasteiger partial charge in [0, 0.05) is 43.3 Å². The van der Waals surface area contributed by atoms with Gasteiger partial charge in [0.05, 0.1) is 9.82 Å². The van der Waals surface area contributed by atoms with E-state index >= 15 is 0 Å². The molecule has 1 amide bonds. The van der Waals surface area contributed by atoms with Gasteiger partial charge in [-0.1, -0.05) is 17.7 Å². The van der Waals surface area contributed by atoms with Crippen LogP contribution in [0, 0.1) is 34.8 Å². The summed E-state index contributed by atoms with van der Waals surface area (Å²) in [5.74, 6) is 1.82. The average Bonchev–Trinajstić information content (AvgIpc) is 2.87. The Morgan fingerprint density at radius 2 is 1.53 bits per heavy atom. The van der Waals surface area contributed by atoms with Gasteiger partial charge in [-0.25, -0.2) is 8.42 Å². The van der Waals surface area contributed by atoms with Crippen LogP contribution in [0.3, 0.4) is 0 Å². The van der Waals surface area contributed by atoms with Gasteiger partial charge in [-0.2, -0.15) is 4.31 Å². The highest BCUT2D eigenvalue weighted by atomic mass is 32.2. The van der Waals surface area contributed by atoms with Crippen LogP contribution in [0.15, 0.2) is 47.4 Å². The minimum Gasteiger partial charge on any atom is -0.363 e. The van der Waals surface area contributed by atoms with Crippen LogP contribution in [0.25, 0.3) is 0 Å². The summed E-state index contributed by atoms with van der Waals surface area (Å²) < 4.78 is 27.5. The van der Waals surface area contributed by atoms with E-state index in [-0.39, 0.29) is 35.1 Å². The van der Waals surface area contributed by atoms with Crippen LogP contribution in [0.5, 0.6) is 0 Å². The lowest BCUT2D eigenvalue weighted by atomic mass is 9.53. The summed E-state index contributed by atoms with van der Waals surface area (Å²) in [7, 11) is -3.63. The fraction of sp³-hybridized carbons (Fsp3) is 0.536. The molecule has 0 unspecified atom stereocenters. The molecule has 4 saturated carbocycles. The molecule has 0 aromatic heterocycles. The van der Waals surface area contributed by atoms with Crippen molar-refractivity contribution in [1.82, 2.24) is 9.62 Å². The van der Waals surface area contributed by atoms with E-state index < -0.39 is 14.9 Å². The number of nitrogens with zero attached hydrogens (tertiary/aromatic N) is 3. The quantitative estimate of drug-likeness (QED) is 0.438. The summed E-state index contributed by atoms with van der Waals surface area (Å²) in [4.78, 5) is 26.9. The van der Waals surface area contributed by atoms with Gasteiger partial charge in [0.1, 0.15) is 5.69 Å². The number of hydrogen-bond acceptors (Lipinski definition) is 6. The minimum absolute atomic E-state index is 0.127. The van der Waals surface area contributed by atoms with Crippen molar-refractivity contribution in [1.29, 1.82) is 0 Å². The van der Waals surface area contributed by atoms with Gasteiger partial charge in [0.2, 0.25) is 10.0 Å². The number of nitrogens with one attached hydrogen (secondary N) is 1. The van der Waals surface area contributed by atoms with E-state index in [0.717, 1.165) is 24.8 Å². The summed E-state index contributed by atoms with van der Waals surface area (Å²) >= 11 is 0. The van der Waals surface area contributed by atoms with Crippen LogP contribution in [-0.2, 0) is 10.0 Å². The van der Waals surface area contributed by atoms with Crippen molar-refractivity contribution < 1.29 is 18.1 Å². The maximum absolute atomic E-state index is 13.3. The maximum Gasteiger partial charge on any atom is 0.293 e. The summed E-state index contributed by atoms with van der Waals surface area (Å²) in [6.45, 7) is 3.00. The Morgan fingerprint density at radius 1 is 0.947 bits per heavy atom. The molecule has 2 aromatic rings. The standard InChI is InChI=1S/C28H34N4O5S/c1-19-2-5-24(6-3-19)38(36,37)31-10-8-30(9-11-31)25-7-4-23(15-26(25)32(34)35)27(33)29-28-16-20-12-21(17-28)14-22(13-20)18-28/h2-7,15,20-22H,8-14,16-18H2,1H3,(H,29,33). The van der Waals surface area contributed by atoms with Crippen LogP contribution in [0.2, 0.25) is 0 Å². The van der Waals surface area contributed by atoms with Gasteiger partial charge < -0.3 is 10.2 Å². The molecule has 2 aromatic carbocycles. The number of nitro groups is 1. The predicted octanol–water partition coefficient (Wildman–Crippen LogP) is 4.11. The second kappa shape index (κ2) is 9.34. The molecule has 10 heteroatoms. The molecule has 4 bridgehead atoms. The van der Waals surface area contributed by atoms with Gasteiger partial charge in [0.25, 0.3) is 11.6 Å². The molecule has 1 heterocycles. The molecule has 5 fully saturated rings. The summed E-state index contributed by atoms with van der Waals surface area (Å²) in [5, 5.41) is 15.3. The van der Waals surface area contributed by atoms with E-state index in [1.165, 1.54) is 29.6 Å². The van der Waals surface area contributed by atoms with Crippen molar-refractivity contribution in [2.75, 3.05) is 31.1 Å². The van der Waals surface area contributed by atoms with Gasteiger partial charge >= 0.3 is 0 Å². The molecular formula is C28H34N4O5S. The number of sulfonamides is 1. The molecule has 202 valence electrons. The van der Waals surface area contributed by atoms with E-state index in [2.05, 4.69) is 5.32 Å². The number of benzene rings is 2. The fourth-order valence-corrected chi connectivity index (χ4v) is 9.11. The lowest BCUT2D eigenvalue weighted by molar-refractivity contribution is -0.384.